The lowest BCUT2D eigenvalue weighted by Gasteiger charge is -2.20. The predicted molar refractivity (Wildman–Crippen MR) is 152 cm³/mol. The van der Waals surface area contributed by atoms with Crippen molar-refractivity contribution >= 4 is 29.9 Å². The summed E-state index contributed by atoms with van der Waals surface area (Å²) in [6, 6.07) is 6.86. The van der Waals surface area contributed by atoms with E-state index in [0.717, 1.165) is 31.2 Å². The summed E-state index contributed by atoms with van der Waals surface area (Å²) in [7, 11) is 0. The maximum absolute atomic E-state index is 12.8. The van der Waals surface area contributed by atoms with Gasteiger partial charge in [-0.3, -0.25) is 9.59 Å². The molecule has 230 valence electrons. The first kappa shape index (κ1) is 35.4. The Bertz CT molecular complexity index is 924. The summed E-state index contributed by atoms with van der Waals surface area (Å²) in [5.41, 5.74) is 0.773. The smallest absolute Gasteiger partial charge is 0.408 e. The summed E-state index contributed by atoms with van der Waals surface area (Å²) < 4.78 is 20.9. The SMILES string of the molecule is CCCCOC(=O)CC[C@@H](NC(=O)CC[C@H](NC(=O)OCc1ccccc1)C(=O)OCCCC)C(=O)OCCCC. The van der Waals surface area contributed by atoms with E-state index in [2.05, 4.69) is 10.6 Å². The Kier molecular flexibility index (Phi) is 19.1. The van der Waals surface area contributed by atoms with Gasteiger partial charge in [-0.1, -0.05) is 70.4 Å². The minimum Gasteiger partial charge on any atom is -0.466 e. The number of rotatable bonds is 21. The molecule has 0 saturated carbocycles. The van der Waals surface area contributed by atoms with Gasteiger partial charge in [0.2, 0.25) is 5.91 Å². The van der Waals surface area contributed by atoms with Crippen LogP contribution in [0.3, 0.4) is 0 Å². The van der Waals surface area contributed by atoms with Crippen LogP contribution in [0.25, 0.3) is 0 Å². The average Bonchev–Trinajstić information content (AvgIpc) is 2.97. The Balaban J connectivity index is 2.75. The molecule has 0 heterocycles. The molecule has 0 aliphatic carbocycles. The Morgan fingerprint density at radius 3 is 1.73 bits per heavy atom. The van der Waals surface area contributed by atoms with Gasteiger partial charge in [0.05, 0.1) is 19.8 Å². The van der Waals surface area contributed by atoms with E-state index in [9.17, 15) is 24.0 Å². The van der Waals surface area contributed by atoms with Crippen LogP contribution in [-0.4, -0.2) is 61.8 Å². The summed E-state index contributed by atoms with van der Waals surface area (Å²) in [4.78, 5) is 62.5. The van der Waals surface area contributed by atoms with E-state index in [-0.39, 0.29) is 45.5 Å². The van der Waals surface area contributed by atoms with Crippen molar-refractivity contribution in [3.63, 3.8) is 0 Å². The Morgan fingerprint density at radius 1 is 0.659 bits per heavy atom. The molecule has 2 atom stereocenters. The van der Waals surface area contributed by atoms with Gasteiger partial charge in [-0.2, -0.15) is 0 Å². The first-order valence-corrected chi connectivity index (χ1v) is 14.6. The van der Waals surface area contributed by atoms with Crippen LogP contribution in [0.2, 0.25) is 0 Å². The molecule has 0 saturated heterocycles. The van der Waals surface area contributed by atoms with E-state index < -0.39 is 42.0 Å². The van der Waals surface area contributed by atoms with Gasteiger partial charge < -0.3 is 29.6 Å². The molecule has 11 heteroatoms. The standard InChI is InChI=1S/C30H46N2O9/c1-4-7-19-38-27(34)18-16-24(28(35)39-20-8-5-2)31-26(33)17-15-25(29(36)40-21-9-6-3)32-30(37)41-22-23-13-11-10-12-14-23/h10-14,24-25H,4-9,15-22H2,1-3H3,(H,31,33)(H,32,37)/t24-,25+/m1/s1. The molecule has 0 aliphatic heterocycles. The highest BCUT2D eigenvalue weighted by molar-refractivity contribution is 5.86. The van der Waals surface area contributed by atoms with Gasteiger partial charge in [0.1, 0.15) is 18.7 Å². The normalized spacial score (nSPS) is 12.0. The summed E-state index contributed by atoms with van der Waals surface area (Å²) >= 11 is 0. The number of hydrogen-bond donors (Lipinski definition) is 2. The third-order valence-corrected chi connectivity index (χ3v) is 5.95. The fourth-order valence-corrected chi connectivity index (χ4v) is 3.45. The van der Waals surface area contributed by atoms with Crippen LogP contribution in [0.4, 0.5) is 4.79 Å². The van der Waals surface area contributed by atoms with Crippen molar-refractivity contribution < 1.29 is 42.9 Å². The highest BCUT2D eigenvalue weighted by atomic mass is 16.6. The molecule has 0 fully saturated rings. The van der Waals surface area contributed by atoms with Crippen LogP contribution >= 0.6 is 0 Å². The molecule has 2 amide bonds. The van der Waals surface area contributed by atoms with Crippen LogP contribution in [0, 0.1) is 0 Å². The van der Waals surface area contributed by atoms with E-state index >= 15 is 0 Å². The van der Waals surface area contributed by atoms with Crippen molar-refractivity contribution in [2.75, 3.05) is 19.8 Å². The zero-order valence-electron chi connectivity index (χ0n) is 24.6. The molecule has 0 spiro atoms. The third kappa shape index (κ3) is 16.9. The van der Waals surface area contributed by atoms with Crippen molar-refractivity contribution in [1.29, 1.82) is 0 Å². The van der Waals surface area contributed by atoms with E-state index in [1.54, 1.807) is 12.1 Å². The lowest BCUT2D eigenvalue weighted by atomic mass is 10.1. The van der Waals surface area contributed by atoms with E-state index in [0.29, 0.717) is 19.4 Å². The van der Waals surface area contributed by atoms with Crippen molar-refractivity contribution in [2.45, 2.75) is 104 Å². The fraction of sp³-hybridized carbons (Fsp3) is 0.633. The van der Waals surface area contributed by atoms with E-state index in [4.69, 9.17) is 18.9 Å². The second-order valence-corrected chi connectivity index (χ2v) is 9.57. The van der Waals surface area contributed by atoms with Crippen LogP contribution in [0.15, 0.2) is 30.3 Å². The molecular weight excluding hydrogens is 532 g/mol. The summed E-state index contributed by atoms with van der Waals surface area (Å²) in [5.74, 6) is -2.35. The van der Waals surface area contributed by atoms with Crippen molar-refractivity contribution in [3.05, 3.63) is 35.9 Å². The molecule has 2 N–H and O–H groups in total. The number of alkyl carbamates (subject to hydrolysis) is 1. The van der Waals surface area contributed by atoms with Crippen molar-refractivity contribution in [1.82, 2.24) is 10.6 Å². The number of benzene rings is 1. The number of nitrogens with one attached hydrogen (secondary N) is 2. The topological polar surface area (TPSA) is 146 Å². The lowest BCUT2D eigenvalue weighted by molar-refractivity contribution is -0.150. The third-order valence-electron chi connectivity index (χ3n) is 5.95. The fourth-order valence-electron chi connectivity index (χ4n) is 3.45. The molecule has 0 bridgehead atoms. The minimum absolute atomic E-state index is 0.00740. The predicted octanol–water partition coefficient (Wildman–Crippen LogP) is 4.36. The van der Waals surface area contributed by atoms with Gasteiger partial charge >= 0.3 is 24.0 Å². The quantitative estimate of drug-likeness (QED) is 0.123. The molecule has 1 aromatic rings. The molecule has 0 aliphatic rings. The molecule has 41 heavy (non-hydrogen) atoms. The number of ether oxygens (including phenoxy) is 4. The van der Waals surface area contributed by atoms with Gasteiger partial charge in [-0.25, -0.2) is 14.4 Å². The molecule has 0 unspecified atom stereocenters. The average molecular weight is 579 g/mol. The summed E-state index contributed by atoms with van der Waals surface area (Å²) in [5, 5.41) is 5.07. The number of hydrogen-bond acceptors (Lipinski definition) is 9. The largest absolute Gasteiger partial charge is 0.466 e. The molecule has 0 aromatic heterocycles. The van der Waals surface area contributed by atoms with Crippen molar-refractivity contribution in [2.24, 2.45) is 0 Å². The number of carbonyl (C=O) groups is 5. The van der Waals surface area contributed by atoms with Gasteiger partial charge in [0.15, 0.2) is 0 Å². The monoisotopic (exact) mass is 578 g/mol. The Labute approximate surface area is 243 Å². The highest BCUT2D eigenvalue weighted by Crippen LogP contribution is 2.08. The maximum atomic E-state index is 12.8. The zero-order chi connectivity index (χ0) is 30.3. The Morgan fingerprint density at radius 2 is 1.17 bits per heavy atom. The Hall–Kier alpha value is -3.63. The zero-order valence-corrected chi connectivity index (χ0v) is 24.6. The second-order valence-electron chi connectivity index (χ2n) is 9.57. The minimum atomic E-state index is -1.13. The lowest BCUT2D eigenvalue weighted by Crippen LogP contribution is -2.45. The van der Waals surface area contributed by atoms with E-state index in [1.807, 2.05) is 39.0 Å². The van der Waals surface area contributed by atoms with Crippen molar-refractivity contribution in [3.8, 4) is 0 Å². The summed E-state index contributed by atoms with van der Waals surface area (Å²) in [6.45, 7) is 6.56. The van der Waals surface area contributed by atoms with Crippen LogP contribution in [-0.2, 0) is 44.7 Å². The second kappa shape index (κ2) is 22.1. The molecule has 1 aromatic carbocycles. The van der Waals surface area contributed by atoms with Crippen LogP contribution in [0.1, 0.15) is 90.5 Å². The first-order chi connectivity index (χ1) is 19.8. The van der Waals surface area contributed by atoms with Crippen LogP contribution in [0.5, 0.6) is 0 Å². The highest BCUT2D eigenvalue weighted by Gasteiger charge is 2.27. The summed E-state index contributed by atoms with van der Waals surface area (Å²) in [6.07, 6.45) is 3.39. The number of unbranched alkanes of at least 4 members (excludes halogenated alkanes) is 3. The van der Waals surface area contributed by atoms with E-state index in [1.165, 1.54) is 0 Å². The van der Waals surface area contributed by atoms with Gasteiger partial charge in [-0.15, -0.1) is 0 Å². The number of esters is 3. The number of amides is 2. The number of carbonyl (C=O) groups excluding carboxylic acids is 5. The molecular formula is C30H46N2O9. The van der Waals surface area contributed by atoms with Gasteiger partial charge in [-0.05, 0) is 37.7 Å². The molecule has 11 nitrogen and oxygen atoms in total. The molecule has 1 rings (SSSR count). The molecule has 0 radical (unpaired) electrons. The van der Waals surface area contributed by atoms with Gasteiger partial charge in [0, 0.05) is 12.8 Å². The first-order valence-electron chi connectivity index (χ1n) is 14.6. The van der Waals surface area contributed by atoms with Gasteiger partial charge in [0.25, 0.3) is 0 Å². The maximum Gasteiger partial charge on any atom is 0.408 e. The van der Waals surface area contributed by atoms with Crippen LogP contribution < -0.4 is 10.6 Å².